The minimum absolute atomic E-state index is 0.0904. The second-order valence-electron chi connectivity index (χ2n) is 7.78. The number of halogens is 1. The highest BCUT2D eigenvalue weighted by atomic mass is 19.1. The lowest BCUT2D eigenvalue weighted by molar-refractivity contribution is -0.202. The van der Waals surface area contributed by atoms with Crippen molar-refractivity contribution in [1.82, 2.24) is 10.6 Å². The van der Waals surface area contributed by atoms with Crippen molar-refractivity contribution in [1.29, 1.82) is 0 Å². The zero-order chi connectivity index (χ0) is 19.7. The van der Waals surface area contributed by atoms with Gasteiger partial charge in [0.25, 0.3) is 0 Å². The summed E-state index contributed by atoms with van der Waals surface area (Å²) in [5, 5.41) is 6.15. The highest BCUT2D eigenvalue weighted by molar-refractivity contribution is 5.72. The Morgan fingerprint density at radius 1 is 1.43 bits per heavy atom. The van der Waals surface area contributed by atoms with Crippen molar-refractivity contribution in [3.05, 3.63) is 58.9 Å². The minimum atomic E-state index is -0.557. The van der Waals surface area contributed by atoms with Crippen LogP contribution >= 0.6 is 0 Å². The fourth-order valence-electron chi connectivity index (χ4n) is 4.73. The molecule has 1 amide bonds. The van der Waals surface area contributed by atoms with Crippen LogP contribution in [0.5, 0.6) is 0 Å². The molecule has 2 fully saturated rings. The number of carbonyl (C=O) groups excluding carboxylic acids is 1. The molecule has 1 aromatic rings. The van der Waals surface area contributed by atoms with Gasteiger partial charge in [0.2, 0.25) is 5.91 Å². The molecule has 1 aromatic carbocycles. The average molecular weight is 386 g/mol. The van der Waals surface area contributed by atoms with Crippen LogP contribution in [-0.2, 0) is 14.3 Å². The largest absolute Gasteiger partial charge is 0.372 e. The van der Waals surface area contributed by atoms with Crippen molar-refractivity contribution in [2.75, 3.05) is 32.8 Å². The van der Waals surface area contributed by atoms with Gasteiger partial charge in [0.05, 0.1) is 19.3 Å². The third kappa shape index (κ3) is 3.30. The highest BCUT2D eigenvalue weighted by Gasteiger charge is 2.64. The summed E-state index contributed by atoms with van der Waals surface area (Å²) in [5.74, 6) is -0.716. The Balaban J connectivity index is 1.62. The number of hydrogen-bond acceptors (Lipinski definition) is 4. The van der Waals surface area contributed by atoms with Crippen LogP contribution in [0.25, 0.3) is 0 Å². The van der Waals surface area contributed by atoms with Gasteiger partial charge in [0.15, 0.2) is 0 Å². The normalized spacial score (nSPS) is 31.5. The Hall–Kier alpha value is -2.02. The van der Waals surface area contributed by atoms with Crippen molar-refractivity contribution in [3.63, 3.8) is 0 Å². The van der Waals surface area contributed by atoms with E-state index in [0.717, 1.165) is 23.2 Å². The van der Waals surface area contributed by atoms with Crippen LogP contribution in [0.2, 0.25) is 0 Å². The van der Waals surface area contributed by atoms with E-state index in [1.165, 1.54) is 6.92 Å². The number of rotatable bonds is 5. The van der Waals surface area contributed by atoms with Gasteiger partial charge < -0.3 is 20.1 Å². The summed E-state index contributed by atoms with van der Waals surface area (Å²) < 4.78 is 27.4. The molecule has 1 aliphatic heterocycles. The van der Waals surface area contributed by atoms with Gasteiger partial charge >= 0.3 is 0 Å². The number of ether oxygens (including phenoxy) is 2. The van der Waals surface area contributed by atoms with E-state index in [1.54, 1.807) is 6.08 Å². The first-order valence-electron chi connectivity index (χ1n) is 9.88. The molecule has 150 valence electrons. The molecule has 28 heavy (non-hydrogen) atoms. The van der Waals surface area contributed by atoms with Gasteiger partial charge in [0, 0.05) is 38.4 Å². The zero-order valence-corrected chi connectivity index (χ0v) is 16.3. The minimum Gasteiger partial charge on any atom is -0.372 e. The van der Waals surface area contributed by atoms with Gasteiger partial charge in [-0.1, -0.05) is 35.9 Å². The molecule has 0 bridgehead atoms. The Labute approximate surface area is 165 Å². The molecule has 2 N–H and O–H groups in total. The fraction of sp³-hybridized carbons (Fsp3) is 0.500. The molecule has 1 saturated carbocycles. The van der Waals surface area contributed by atoms with Gasteiger partial charge in [-0.2, -0.15) is 0 Å². The maximum Gasteiger partial charge on any atom is 0.216 e. The summed E-state index contributed by atoms with van der Waals surface area (Å²) in [7, 11) is 0. The Kier molecular flexibility index (Phi) is 5.36. The van der Waals surface area contributed by atoms with Gasteiger partial charge in [-0.3, -0.25) is 4.79 Å². The van der Waals surface area contributed by atoms with Crippen LogP contribution in [0.4, 0.5) is 4.39 Å². The summed E-state index contributed by atoms with van der Waals surface area (Å²) >= 11 is 0. The molecule has 2 aliphatic carbocycles. The smallest absolute Gasteiger partial charge is 0.216 e. The monoisotopic (exact) mass is 386 g/mol. The first-order valence-corrected chi connectivity index (χ1v) is 9.88. The number of hydrogen-bond donors (Lipinski definition) is 2. The maximum atomic E-state index is 15.0. The molecular formula is C22H27FN2O3. The lowest BCUT2D eigenvalue weighted by Crippen LogP contribution is -2.71. The van der Waals surface area contributed by atoms with Crippen molar-refractivity contribution < 1.29 is 18.7 Å². The topological polar surface area (TPSA) is 59.6 Å². The molecule has 1 heterocycles. The Morgan fingerprint density at radius 3 is 3.00 bits per heavy atom. The molecule has 3 aliphatic rings. The Bertz CT molecular complexity index is 814. The number of benzene rings is 1. The summed E-state index contributed by atoms with van der Waals surface area (Å²) in [6.45, 7) is 6.33. The predicted octanol–water partition coefficient (Wildman–Crippen LogP) is 2.38. The van der Waals surface area contributed by atoms with Crippen LogP contribution in [0.1, 0.15) is 24.0 Å². The molecule has 4 atom stereocenters. The number of carbonyl (C=O) groups is 1. The second-order valence-corrected chi connectivity index (χ2v) is 7.78. The van der Waals surface area contributed by atoms with Crippen LogP contribution in [0.15, 0.2) is 47.8 Å². The van der Waals surface area contributed by atoms with E-state index in [4.69, 9.17) is 9.47 Å². The molecular weight excluding hydrogens is 359 g/mol. The number of fused-ring (bicyclic) bond motifs is 2. The van der Waals surface area contributed by atoms with E-state index >= 15 is 0 Å². The number of aryl methyl sites for hydroxylation is 1. The lowest BCUT2D eigenvalue weighted by Gasteiger charge is -2.60. The van der Waals surface area contributed by atoms with Crippen LogP contribution in [0, 0.1) is 12.8 Å². The third-order valence-electron chi connectivity index (χ3n) is 5.91. The van der Waals surface area contributed by atoms with E-state index in [1.807, 2.05) is 37.3 Å². The number of morpholine rings is 1. The van der Waals surface area contributed by atoms with Crippen molar-refractivity contribution >= 4 is 5.91 Å². The molecule has 2 unspecified atom stereocenters. The van der Waals surface area contributed by atoms with Crippen molar-refractivity contribution in [2.45, 2.75) is 31.5 Å². The quantitative estimate of drug-likeness (QED) is 0.763. The van der Waals surface area contributed by atoms with Gasteiger partial charge in [-0.25, -0.2) is 4.39 Å². The maximum absolute atomic E-state index is 15.0. The second kappa shape index (κ2) is 7.78. The lowest BCUT2D eigenvalue weighted by atomic mass is 9.55. The van der Waals surface area contributed by atoms with Gasteiger partial charge in [-0.05, 0) is 24.1 Å². The molecule has 1 saturated heterocycles. The van der Waals surface area contributed by atoms with E-state index in [-0.39, 0.29) is 29.7 Å². The number of nitrogens with one attached hydrogen (secondary N) is 2. The van der Waals surface area contributed by atoms with E-state index in [2.05, 4.69) is 10.6 Å². The fourth-order valence-corrected chi connectivity index (χ4v) is 4.73. The number of allylic oxidation sites excluding steroid dienone is 3. The molecule has 5 nitrogen and oxygen atoms in total. The highest BCUT2D eigenvalue weighted by Crippen LogP contribution is 2.58. The summed E-state index contributed by atoms with van der Waals surface area (Å²) in [5.41, 5.74) is 2.60. The van der Waals surface area contributed by atoms with Crippen LogP contribution in [-0.4, -0.2) is 50.5 Å². The molecule has 0 radical (unpaired) electrons. The van der Waals surface area contributed by atoms with Crippen molar-refractivity contribution in [3.8, 4) is 0 Å². The van der Waals surface area contributed by atoms with E-state index in [0.29, 0.717) is 26.3 Å². The predicted molar refractivity (Wildman–Crippen MR) is 105 cm³/mol. The summed E-state index contributed by atoms with van der Waals surface area (Å²) in [4.78, 5) is 11.1. The standard InChI is InChI=1S/C22H27FN2O3/c1-14-4-3-5-16(12-14)19-18(23)7-6-17-20(19)21(27-10-9-25-15(2)26)22(17)13-24-8-11-28-22/h3-7,12,19-21,24H,8-11,13H2,1-2H3,(H,25,26)/t19?,20?,21-,22-/m0/s1. The zero-order valence-electron chi connectivity index (χ0n) is 16.3. The van der Waals surface area contributed by atoms with Crippen LogP contribution < -0.4 is 10.6 Å². The van der Waals surface area contributed by atoms with Gasteiger partial charge in [-0.15, -0.1) is 0 Å². The van der Waals surface area contributed by atoms with E-state index < -0.39 is 5.60 Å². The molecule has 6 heteroatoms. The first kappa shape index (κ1) is 19.3. The molecule has 4 rings (SSSR count). The summed E-state index contributed by atoms with van der Waals surface area (Å²) in [6.07, 6.45) is 3.17. The number of amides is 1. The SMILES string of the molecule is CC(=O)NCCO[C@H]1C2C(=CC=C(F)C2c2cccc(C)c2)[C@@]12CNCCO2. The summed E-state index contributed by atoms with van der Waals surface area (Å²) in [6, 6.07) is 8.01. The molecule has 1 spiro atoms. The molecule has 0 aromatic heterocycles. The average Bonchev–Trinajstić information content (AvgIpc) is 2.68. The van der Waals surface area contributed by atoms with Crippen LogP contribution in [0.3, 0.4) is 0 Å². The van der Waals surface area contributed by atoms with E-state index in [9.17, 15) is 9.18 Å². The van der Waals surface area contributed by atoms with Gasteiger partial charge in [0.1, 0.15) is 11.4 Å². The first-order chi connectivity index (χ1) is 13.5. The third-order valence-corrected chi connectivity index (χ3v) is 5.91. The Morgan fingerprint density at radius 2 is 2.29 bits per heavy atom. The van der Waals surface area contributed by atoms with Crippen molar-refractivity contribution in [2.24, 2.45) is 5.92 Å².